The predicted octanol–water partition coefficient (Wildman–Crippen LogP) is 3.86. The molecule has 1 aliphatic heterocycles. The summed E-state index contributed by atoms with van der Waals surface area (Å²) in [5.74, 6) is 0.458. The van der Waals surface area contributed by atoms with Crippen LogP contribution in [0.4, 0.5) is 17.1 Å². The first-order chi connectivity index (χ1) is 12.7. The lowest BCUT2D eigenvalue weighted by molar-refractivity contribution is -0.384. The summed E-state index contributed by atoms with van der Waals surface area (Å²) < 4.78 is 28.0. The van der Waals surface area contributed by atoms with Crippen LogP contribution in [-0.4, -0.2) is 26.4 Å². The highest BCUT2D eigenvalue weighted by atomic mass is 32.2. The van der Waals surface area contributed by atoms with Crippen molar-refractivity contribution in [3.05, 3.63) is 57.6 Å². The van der Waals surface area contributed by atoms with Gasteiger partial charge in [-0.2, -0.15) is 0 Å². The van der Waals surface area contributed by atoms with Gasteiger partial charge in [-0.3, -0.25) is 14.8 Å². The molecule has 2 aromatic rings. The number of hydrogen-bond acceptors (Lipinski definition) is 5. The fraction of sp³-hybridized carbons (Fsp3) is 0.368. The average molecular weight is 389 g/mol. The lowest BCUT2D eigenvalue weighted by atomic mass is 10.1. The van der Waals surface area contributed by atoms with Crippen LogP contribution in [0.1, 0.15) is 24.5 Å². The molecule has 0 spiro atoms. The van der Waals surface area contributed by atoms with Gasteiger partial charge in [-0.15, -0.1) is 0 Å². The number of rotatable bonds is 5. The van der Waals surface area contributed by atoms with Crippen molar-refractivity contribution in [2.45, 2.75) is 32.1 Å². The maximum atomic E-state index is 12.8. The van der Waals surface area contributed by atoms with Crippen molar-refractivity contribution in [2.75, 3.05) is 22.7 Å². The number of nitro groups is 1. The van der Waals surface area contributed by atoms with Crippen molar-refractivity contribution in [1.82, 2.24) is 0 Å². The molecule has 1 fully saturated rings. The number of aryl methyl sites for hydroxylation is 2. The molecule has 1 saturated heterocycles. The molecule has 1 atom stereocenters. The minimum absolute atomic E-state index is 0.120. The Kier molecular flexibility index (Phi) is 5.10. The molecule has 144 valence electrons. The van der Waals surface area contributed by atoms with Crippen LogP contribution in [0.25, 0.3) is 0 Å². The van der Waals surface area contributed by atoms with Crippen LogP contribution in [0.3, 0.4) is 0 Å². The minimum atomic E-state index is -3.93. The van der Waals surface area contributed by atoms with Crippen LogP contribution in [-0.2, 0) is 10.0 Å². The second kappa shape index (κ2) is 7.19. The normalized spacial score (nSPS) is 17.1. The predicted molar refractivity (Wildman–Crippen MR) is 106 cm³/mol. The Balaban J connectivity index is 1.96. The standard InChI is InChI=1S/C19H23N3O4S/c1-13-4-6-17(15(3)10-13)20-27(25,26)16-5-7-18(19(11-16)22(23)24)21-9-8-14(2)12-21/h4-7,10-11,14,20H,8-9,12H2,1-3H3. The Morgan fingerprint density at radius 1 is 1.19 bits per heavy atom. The lowest BCUT2D eigenvalue weighted by Gasteiger charge is -2.19. The summed E-state index contributed by atoms with van der Waals surface area (Å²) in [5, 5.41) is 11.6. The molecule has 1 aliphatic rings. The molecule has 1 heterocycles. The quantitative estimate of drug-likeness (QED) is 0.619. The van der Waals surface area contributed by atoms with E-state index in [2.05, 4.69) is 11.6 Å². The Bertz CT molecular complexity index is 988. The third kappa shape index (κ3) is 4.05. The lowest BCUT2D eigenvalue weighted by Crippen LogP contribution is -2.21. The first-order valence-corrected chi connectivity index (χ1v) is 10.3. The van der Waals surface area contributed by atoms with E-state index in [1.165, 1.54) is 12.1 Å². The zero-order chi connectivity index (χ0) is 19.8. The molecule has 1 unspecified atom stereocenters. The summed E-state index contributed by atoms with van der Waals surface area (Å²) in [5.41, 5.74) is 2.55. The maximum Gasteiger partial charge on any atom is 0.293 e. The zero-order valence-electron chi connectivity index (χ0n) is 15.6. The molecule has 8 heteroatoms. The smallest absolute Gasteiger partial charge is 0.293 e. The van der Waals surface area contributed by atoms with E-state index in [1.807, 2.05) is 30.9 Å². The van der Waals surface area contributed by atoms with E-state index in [0.29, 0.717) is 17.3 Å². The second-order valence-electron chi connectivity index (χ2n) is 7.17. The highest BCUT2D eigenvalue weighted by Crippen LogP contribution is 2.34. The first kappa shape index (κ1) is 19.2. The summed E-state index contributed by atoms with van der Waals surface area (Å²) >= 11 is 0. The van der Waals surface area contributed by atoms with Gasteiger partial charge in [-0.25, -0.2) is 8.42 Å². The van der Waals surface area contributed by atoms with E-state index in [4.69, 9.17) is 0 Å². The van der Waals surface area contributed by atoms with Gasteiger partial charge in [0.1, 0.15) is 5.69 Å². The molecule has 7 nitrogen and oxygen atoms in total. The van der Waals surface area contributed by atoms with Gasteiger partial charge in [0.25, 0.3) is 15.7 Å². The van der Waals surface area contributed by atoms with Gasteiger partial charge in [-0.1, -0.05) is 24.6 Å². The summed E-state index contributed by atoms with van der Waals surface area (Å²) in [4.78, 5) is 12.9. The van der Waals surface area contributed by atoms with Crippen molar-refractivity contribution in [3.63, 3.8) is 0 Å². The highest BCUT2D eigenvalue weighted by Gasteiger charge is 2.28. The number of benzene rings is 2. The second-order valence-corrected chi connectivity index (χ2v) is 8.85. The van der Waals surface area contributed by atoms with Crippen LogP contribution < -0.4 is 9.62 Å². The highest BCUT2D eigenvalue weighted by molar-refractivity contribution is 7.92. The topological polar surface area (TPSA) is 92.6 Å². The molecule has 0 aliphatic carbocycles. The van der Waals surface area contributed by atoms with E-state index in [1.54, 1.807) is 6.07 Å². The molecule has 0 aromatic heterocycles. The van der Waals surface area contributed by atoms with Crippen molar-refractivity contribution in [3.8, 4) is 0 Å². The van der Waals surface area contributed by atoms with Gasteiger partial charge < -0.3 is 4.90 Å². The molecule has 27 heavy (non-hydrogen) atoms. The average Bonchev–Trinajstić information content (AvgIpc) is 3.03. The van der Waals surface area contributed by atoms with E-state index >= 15 is 0 Å². The third-order valence-electron chi connectivity index (χ3n) is 4.84. The number of nitrogens with zero attached hydrogens (tertiary/aromatic N) is 2. The van der Waals surface area contributed by atoms with Gasteiger partial charge in [0.2, 0.25) is 0 Å². The van der Waals surface area contributed by atoms with Crippen LogP contribution in [0.5, 0.6) is 0 Å². The van der Waals surface area contributed by atoms with E-state index in [0.717, 1.165) is 36.7 Å². The Morgan fingerprint density at radius 3 is 2.52 bits per heavy atom. The van der Waals surface area contributed by atoms with E-state index < -0.39 is 14.9 Å². The van der Waals surface area contributed by atoms with Crippen LogP contribution in [0.2, 0.25) is 0 Å². The SMILES string of the molecule is Cc1ccc(NS(=O)(=O)c2ccc(N3CCC(C)C3)c([N+](=O)[O-])c2)c(C)c1. The summed E-state index contributed by atoms with van der Waals surface area (Å²) in [6, 6.07) is 9.48. The van der Waals surface area contributed by atoms with Gasteiger partial charge in [0, 0.05) is 19.2 Å². The van der Waals surface area contributed by atoms with Gasteiger partial charge in [0.15, 0.2) is 0 Å². The largest absolute Gasteiger partial charge is 0.366 e. The van der Waals surface area contributed by atoms with Gasteiger partial charge in [0.05, 0.1) is 15.5 Å². The third-order valence-corrected chi connectivity index (χ3v) is 6.21. The molecule has 0 amide bonds. The molecule has 2 aromatic carbocycles. The zero-order valence-corrected chi connectivity index (χ0v) is 16.4. The summed E-state index contributed by atoms with van der Waals surface area (Å²) in [6.45, 7) is 7.29. The molecular weight excluding hydrogens is 366 g/mol. The number of sulfonamides is 1. The summed E-state index contributed by atoms with van der Waals surface area (Å²) in [6.07, 6.45) is 0.964. The van der Waals surface area contributed by atoms with Crippen LogP contribution >= 0.6 is 0 Å². The van der Waals surface area contributed by atoms with Crippen molar-refractivity contribution < 1.29 is 13.3 Å². The minimum Gasteiger partial charge on any atom is -0.366 e. The van der Waals surface area contributed by atoms with Crippen molar-refractivity contribution >= 4 is 27.1 Å². The summed E-state index contributed by atoms with van der Waals surface area (Å²) in [7, 11) is -3.93. The number of nitro benzene ring substituents is 1. The molecular formula is C19H23N3O4S. The fourth-order valence-electron chi connectivity index (χ4n) is 3.37. The Labute approximate surface area is 159 Å². The molecule has 1 N–H and O–H groups in total. The molecule has 0 radical (unpaired) electrons. The number of nitrogens with one attached hydrogen (secondary N) is 1. The Hall–Kier alpha value is -2.61. The molecule has 3 rings (SSSR count). The van der Waals surface area contributed by atoms with Crippen molar-refractivity contribution in [2.24, 2.45) is 5.92 Å². The fourth-order valence-corrected chi connectivity index (χ4v) is 4.52. The number of hydrogen-bond donors (Lipinski definition) is 1. The molecule has 0 bridgehead atoms. The monoisotopic (exact) mass is 389 g/mol. The van der Waals surface area contributed by atoms with Crippen molar-refractivity contribution in [1.29, 1.82) is 0 Å². The van der Waals surface area contributed by atoms with Gasteiger partial charge >= 0.3 is 0 Å². The maximum absolute atomic E-state index is 12.8. The van der Waals surface area contributed by atoms with Crippen LogP contribution in [0.15, 0.2) is 41.3 Å². The number of anilines is 2. The first-order valence-electron chi connectivity index (χ1n) is 8.81. The Morgan fingerprint density at radius 2 is 1.93 bits per heavy atom. The molecule has 0 saturated carbocycles. The van der Waals surface area contributed by atoms with E-state index in [-0.39, 0.29) is 10.6 Å². The van der Waals surface area contributed by atoms with Gasteiger partial charge in [-0.05, 0) is 49.9 Å². The van der Waals surface area contributed by atoms with Crippen LogP contribution in [0, 0.1) is 29.9 Å². The van der Waals surface area contributed by atoms with E-state index in [9.17, 15) is 18.5 Å².